The van der Waals surface area contributed by atoms with Crippen LogP contribution in [-0.4, -0.2) is 49.6 Å². The zero-order chi connectivity index (χ0) is 19.4. The van der Waals surface area contributed by atoms with Gasteiger partial charge in [-0.1, -0.05) is 42.0 Å². The summed E-state index contributed by atoms with van der Waals surface area (Å²) >= 11 is 0. The summed E-state index contributed by atoms with van der Waals surface area (Å²) in [7, 11) is -3.53. The van der Waals surface area contributed by atoms with Crippen LogP contribution in [0.4, 0.5) is 0 Å². The summed E-state index contributed by atoms with van der Waals surface area (Å²) in [6, 6.07) is 14.7. The van der Waals surface area contributed by atoms with Crippen LogP contribution in [0.3, 0.4) is 0 Å². The Morgan fingerprint density at radius 1 is 0.926 bits per heavy atom. The molecule has 1 aliphatic heterocycles. The first-order valence-corrected chi connectivity index (χ1v) is 10.7. The van der Waals surface area contributed by atoms with Gasteiger partial charge in [0.1, 0.15) is 0 Å². The fourth-order valence-corrected chi connectivity index (χ4v) is 4.78. The maximum absolute atomic E-state index is 12.9. The van der Waals surface area contributed by atoms with E-state index in [-0.39, 0.29) is 10.7 Å². The largest absolute Gasteiger partial charge is 0.298 e. The minimum atomic E-state index is -3.53. The van der Waals surface area contributed by atoms with Crippen LogP contribution < -0.4 is 0 Å². The molecule has 0 spiro atoms. The molecule has 0 N–H and O–H groups in total. The van der Waals surface area contributed by atoms with Crippen LogP contribution in [0.5, 0.6) is 0 Å². The van der Waals surface area contributed by atoms with Crippen molar-refractivity contribution in [3.05, 3.63) is 65.2 Å². The van der Waals surface area contributed by atoms with Gasteiger partial charge in [-0.25, -0.2) is 8.42 Å². The molecule has 2 aromatic rings. The van der Waals surface area contributed by atoms with Crippen LogP contribution in [0.1, 0.15) is 34.8 Å². The molecule has 1 aliphatic rings. The number of ketones is 1. The van der Waals surface area contributed by atoms with E-state index >= 15 is 0 Å². The predicted octanol–water partition coefficient (Wildman–Crippen LogP) is 3.09. The molecule has 1 saturated heterocycles. The lowest BCUT2D eigenvalue weighted by molar-refractivity contribution is 0.101. The maximum atomic E-state index is 12.9. The van der Waals surface area contributed by atoms with E-state index in [9.17, 15) is 13.2 Å². The topological polar surface area (TPSA) is 57.7 Å². The summed E-state index contributed by atoms with van der Waals surface area (Å²) in [6.07, 6.45) is 0.802. The van der Waals surface area contributed by atoms with Crippen molar-refractivity contribution in [3.8, 4) is 0 Å². The van der Waals surface area contributed by atoms with Crippen molar-refractivity contribution >= 4 is 15.8 Å². The molecule has 144 valence electrons. The van der Waals surface area contributed by atoms with Crippen molar-refractivity contribution in [1.29, 1.82) is 0 Å². The summed E-state index contributed by atoms with van der Waals surface area (Å²) in [4.78, 5) is 13.9. The third-order valence-electron chi connectivity index (χ3n) is 4.97. The quantitative estimate of drug-likeness (QED) is 0.741. The molecule has 0 aromatic heterocycles. The number of carbonyl (C=O) groups is 1. The Balaban J connectivity index is 1.67. The van der Waals surface area contributed by atoms with Crippen LogP contribution in [-0.2, 0) is 16.6 Å². The van der Waals surface area contributed by atoms with Crippen molar-refractivity contribution in [1.82, 2.24) is 9.21 Å². The van der Waals surface area contributed by atoms with Gasteiger partial charge in [-0.2, -0.15) is 4.31 Å². The Labute approximate surface area is 161 Å². The van der Waals surface area contributed by atoms with Crippen molar-refractivity contribution < 1.29 is 13.2 Å². The molecule has 5 nitrogen and oxygen atoms in total. The van der Waals surface area contributed by atoms with E-state index < -0.39 is 10.0 Å². The van der Waals surface area contributed by atoms with Gasteiger partial charge in [0.15, 0.2) is 5.78 Å². The second-order valence-corrected chi connectivity index (χ2v) is 9.04. The second-order valence-electron chi connectivity index (χ2n) is 7.10. The SMILES string of the molecule is CC(=O)c1ccc(S(=O)(=O)N2CCCN(Cc3ccc(C)cc3)CC2)cc1. The van der Waals surface area contributed by atoms with Crippen molar-refractivity contribution in [2.24, 2.45) is 0 Å². The molecule has 2 aromatic carbocycles. The number of rotatable bonds is 5. The van der Waals surface area contributed by atoms with Gasteiger partial charge in [-0.05, 0) is 44.5 Å². The lowest BCUT2D eigenvalue weighted by atomic mass is 10.1. The van der Waals surface area contributed by atoms with Gasteiger partial charge in [0.05, 0.1) is 4.90 Å². The number of hydrogen-bond acceptors (Lipinski definition) is 4. The monoisotopic (exact) mass is 386 g/mol. The molecular formula is C21H26N2O3S. The number of hydrogen-bond donors (Lipinski definition) is 0. The molecule has 0 aliphatic carbocycles. The van der Waals surface area contributed by atoms with Crippen molar-refractivity contribution in [3.63, 3.8) is 0 Å². The van der Waals surface area contributed by atoms with E-state index in [1.54, 1.807) is 16.4 Å². The highest BCUT2D eigenvalue weighted by Crippen LogP contribution is 2.19. The van der Waals surface area contributed by atoms with Gasteiger partial charge < -0.3 is 0 Å². The molecule has 0 amide bonds. The predicted molar refractivity (Wildman–Crippen MR) is 106 cm³/mol. The fraction of sp³-hybridized carbons (Fsp3) is 0.381. The Morgan fingerprint density at radius 2 is 1.59 bits per heavy atom. The minimum absolute atomic E-state index is 0.0690. The lowest BCUT2D eigenvalue weighted by Crippen LogP contribution is -2.35. The molecule has 6 heteroatoms. The van der Waals surface area contributed by atoms with Crippen LogP contribution in [0.2, 0.25) is 0 Å². The highest BCUT2D eigenvalue weighted by molar-refractivity contribution is 7.89. The van der Waals surface area contributed by atoms with Crippen LogP contribution >= 0.6 is 0 Å². The van der Waals surface area contributed by atoms with E-state index in [4.69, 9.17) is 0 Å². The zero-order valence-corrected chi connectivity index (χ0v) is 16.7. The first kappa shape index (κ1) is 19.7. The Bertz CT molecular complexity index is 890. The molecule has 0 unspecified atom stereocenters. The normalized spacial score (nSPS) is 16.8. The lowest BCUT2D eigenvalue weighted by Gasteiger charge is -2.22. The Hall–Kier alpha value is -2.02. The summed E-state index contributed by atoms with van der Waals surface area (Å²) in [6.45, 7) is 6.95. The average Bonchev–Trinajstić information content (AvgIpc) is 2.90. The number of benzene rings is 2. The van der Waals surface area contributed by atoms with Gasteiger partial charge >= 0.3 is 0 Å². The highest BCUT2D eigenvalue weighted by atomic mass is 32.2. The standard InChI is InChI=1S/C21H26N2O3S/c1-17-4-6-19(7-5-17)16-22-12-3-13-23(15-14-22)27(25,26)21-10-8-20(9-11-21)18(2)24/h4-11H,3,12-16H2,1-2H3. The van der Waals surface area contributed by atoms with Crippen LogP contribution in [0, 0.1) is 6.92 Å². The molecular weight excluding hydrogens is 360 g/mol. The Morgan fingerprint density at radius 3 is 2.22 bits per heavy atom. The first-order chi connectivity index (χ1) is 12.9. The maximum Gasteiger partial charge on any atom is 0.243 e. The summed E-state index contributed by atoms with van der Waals surface area (Å²) in [5, 5.41) is 0. The number of nitrogens with zero attached hydrogens (tertiary/aromatic N) is 2. The Kier molecular flexibility index (Phi) is 6.09. The number of sulfonamides is 1. The van der Waals surface area contributed by atoms with Gasteiger partial charge in [-0.3, -0.25) is 9.69 Å². The second kappa shape index (κ2) is 8.33. The van der Waals surface area contributed by atoms with E-state index in [1.165, 1.54) is 30.2 Å². The molecule has 0 radical (unpaired) electrons. The summed E-state index contributed by atoms with van der Waals surface area (Å²) < 4.78 is 27.5. The van der Waals surface area contributed by atoms with E-state index in [1.807, 2.05) is 0 Å². The number of carbonyl (C=O) groups excluding carboxylic acids is 1. The van der Waals surface area contributed by atoms with Gasteiger partial charge in [-0.15, -0.1) is 0 Å². The molecule has 27 heavy (non-hydrogen) atoms. The molecule has 3 rings (SSSR count). The zero-order valence-electron chi connectivity index (χ0n) is 15.9. The molecule has 1 fully saturated rings. The number of Topliss-reactive ketones (excluding diaryl/α,β-unsaturated/α-hetero) is 1. The smallest absolute Gasteiger partial charge is 0.243 e. The molecule has 1 heterocycles. The van der Waals surface area contributed by atoms with E-state index in [0.717, 1.165) is 19.5 Å². The molecule has 0 atom stereocenters. The molecule has 0 bridgehead atoms. The third-order valence-corrected chi connectivity index (χ3v) is 6.89. The third kappa shape index (κ3) is 4.83. The van der Waals surface area contributed by atoms with Crippen LogP contribution in [0.25, 0.3) is 0 Å². The highest BCUT2D eigenvalue weighted by Gasteiger charge is 2.27. The van der Waals surface area contributed by atoms with Crippen molar-refractivity contribution in [2.45, 2.75) is 31.7 Å². The van der Waals surface area contributed by atoms with Gasteiger partial charge in [0, 0.05) is 31.7 Å². The minimum Gasteiger partial charge on any atom is -0.298 e. The van der Waals surface area contributed by atoms with Crippen molar-refractivity contribution in [2.75, 3.05) is 26.2 Å². The van der Waals surface area contributed by atoms with Gasteiger partial charge in [0.25, 0.3) is 0 Å². The fourth-order valence-electron chi connectivity index (χ4n) is 3.31. The van der Waals surface area contributed by atoms with Crippen LogP contribution in [0.15, 0.2) is 53.4 Å². The van der Waals surface area contributed by atoms with E-state index in [2.05, 4.69) is 36.1 Å². The summed E-state index contributed by atoms with van der Waals surface area (Å²) in [5.41, 5.74) is 3.01. The van der Waals surface area contributed by atoms with E-state index in [0.29, 0.717) is 25.2 Å². The first-order valence-electron chi connectivity index (χ1n) is 9.25. The average molecular weight is 387 g/mol. The van der Waals surface area contributed by atoms with Gasteiger partial charge in [0.2, 0.25) is 10.0 Å². The summed E-state index contributed by atoms with van der Waals surface area (Å²) in [5.74, 6) is -0.0690. The number of aryl methyl sites for hydroxylation is 1. The molecule has 0 saturated carbocycles.